The van der Waals surface area contributed by atoms with Gasteiger partial charge in [-0.2, -0.15) is 0 Å². The third kappa shape index (κ3) is 4.85. The van der Waals surface area contributed by atoms with Gasteiger partial charge in [-0.15, -0.1) is 0 Å². The molecule has 1 fully saturated rings. The van der Waals surface area contributed by atoms with Gasteiger partial charge in [-0.1, -0.05) is 43.7 Å². The molecule has 2 unspecified atom stereocenters. The van der Waals surface area contributed by atoms with Crippen molar-refractivity contribution in [2.24, 2.45) is 0 Å². The number of piperazine rings is 1. The second kappa shape index (κ2) is 10.4. The van der Waals surface area contributed by atoms with Crippen molar-refractivity contribution >= 4 is 22.6 Å². The lowest BCUT2D eigenvalue weighted by Crippen LogP contribution is -2.56. The van der Waals surface area contributed by atoms with Crippen LogP contribution in [0.15, 0.2) is 53.3 Å². The van der Waals surface area contributed by atoms with E-state index >= 15 is 0 Å². The van der Waals surface area contributed by atoms with Crippen LogP contribution in [0.4, 0.5) is 10.5 Å². The molecular formula is C27H35N5O2. The topological polar surface area (TPSA) is 70.5 Å². The third-order valence-corrected chi connectivity index (χ3v) is 6.69. The molecule has 0 radical (unpaired) electrons. The lowest BCUT2D eigenvalue weighted by Gasteiger charge is -2.43. The molecular weight excluding hydrogens is 426 g/mol. The quantitative estimate of drug-likeness (QED) is 0.572. The maximum absolute atomic E-state index is 13.3. The standard InChI is InChI=1S/C27H35N5O2/c1-5-15-32-25(29-23-10-8-7-9-22(23)26(32)33)24(6-2)30-16-17-31(20(4)18-30)27(34)28-21-13-11-19(3)12-14-21/h7-14,20,24H,5-6,15-18H2,1-4H3,(H,28,34). The molecule has 0 bridgehead atoms. The fourth-order valence-corrected chi connectivity index (χ4v) is 4.89. The van der Waals surface area contributed by atoms with Crippen LogP contribution in [0.1, 0.15) is 51.0 Å². The van der Waals surface area contributed by atoms with Gasteiger partial charge in [0, 0.05) is 37.9 Å². The molecule has 1 saturated heterocycles. The van der Waals surface area contributed by atoms with Gasteiger partial charge in [-0.05, 0) is 51.0 Å². The number of carbonyl (C=O) groups excluding carboxylic acids is 1. The summed E-state index contributed by atoms with van der Waals surface area (Å²) in [4.78, 5) is 35.5. The molecule has 7 nitrogen and oxygen atoms in total. The minimum Gasteiger partial charge on any atom is -0.319 e. The SMILES string of the molecule is CCCn1c(C(CC)N2CCN(C(=O)Nc3ccc(C)cc3)C(C)C2)nc2ccccc2c1=O. The van der Waals surface area contributed by atoms with Crippen molar-refractivity contribution in [1.29, 1.82) is 0 Å². The summed E-state index contributed by atoms with van der Waals surface area (Å²) in [5.74, 6) is 0.831. The highest BCUT2D eigenvalue weighted by Gasteiger charge is 2.33. The van der Waals surface area contributed by atoms with Gasteiger partial charge < -0.3 is 10.2 Å². The Bertz CT molecular complexity index is 1200. The smallest absolute Gasteiger partial charge is 0.319 e. The van der Waals surface area contributed by atoms with E-state index in [1.807, 2.05) is 64.9 Å². The van der Waals surface area contributed by atoms with Crippen LogP contribution < -0.4 is 10.9 Å². The second-order valence-electron chi connectivity index (χ2n) is 9.20. The Balaban J connectivity index is 1.55. The zero-order valence-corrected chi connectivity index (χ0v) is 20.6. The van der Waals surface area contributed by atoms with E-state index in [0.717, 1.165) is 48.5 Å². The number of nitrogens with one attached hydrogen (secondary N) is 1. The maximum atomic E-state index is 13.3. The molecule has 180 valence electrons. The van der Waals surface area contributed by atoms with Gasteiger partial charge in [-0.25, -0.2) is 9.78 Å². The van der Waals surface area contributed by atoms with Gasteiger partial charge in [0.2, 0.25) is 0 Å². The van der Waals surface area contributed by atoms with Gasteiger partial charge in [0.05, 0.1) is 16.9 Å². The number of aromatic nitrogens is 2. The average molecular weight is 462 g/mol. The molecule has 1 aliphatic heterocycles. The first-order chi connectivity index (χ1) is 16.4. The van der Waals surface area contributed by atoms with Crippen LogP contribution in [0.5, 0.6) is 0 Å². The van der Waals surface area contributed by atoms with E-state index in [1.54, 1.807) is 0 Å². The number of hydrogen-bond donors (Lipinski definition) is 1. The van der Waals surface area contributed by atoms with E-state index in [4.69, 9.17) is 4.98 Å². The molecule has 0 spiro atoms. The number of fused-ring (bicyclic) bond motifs is 1. The minimum absolute atomic E-state index is 0.0219. The number of nitrogens with zero attached hydrogens (tertiary/aromatic N) is 4. The van der Waals surface area contributed by atoms with Crippen LogP contribution >= 0.6 is 0 Å². The summed E-state index contributed by atoms with van der Waals surface area (Å²) >= 11 is 0. The molecule has 7 heteroatoms. The molecule has 1 aliphatic rings. The molecule has 2 aromatic carbocycles. The number of amides is 2. The average Bonchev–Trinajstić information content (AvgIpc) is 2.83. The molecule has 1 N–H and O–H groups in total. The van der Waals surface area contributed by atoms with Crippen LogP contribution in [0.3, 0.4) is 0 Å². The van der Waals surface area contributed by atoms with Crippen LogP contribution in [0.25, 0.3) is 10.9 Å². The number of rotatable bonds is 6. The van der Waals surface area contributed by atoms with Crippen molar-refractivity contribution in [3.63, 3.8) is 0 Å². The van der Waals surface area contributed by atoms with E-state index < -0.39 is 0 Å². The summed E-state index contributed by atoms with van der Waals surface area (Å²) in [7, 11) is 0. The van der Waals surface area contributed by atoms with E-state index in [2.05, 4.69) is 31.0 Å². The van der Waals surface area contributed by atoms with Crippen molar-refractivity contribution in [1.82, 2.24) is 19.4 Å². The molecule has 2 heterocycles. The molecule has 3 aromatic rings. The first-order valence-electron chi connectivity index (χ1n) is 12.3. The van der Waals surface area contributed by atoms with Gasteiger partial charge in [0.15, 0.2) is 0 Å². The van der Waals surface area contributed by atoms with Crippen LogP contribution in [0, 0.1) is 6.92 Å². The molecule has 2 atom stereocenters. The van der Waals surface area contributed by atoms with Crippen molar-refractivity contribution in [3.05, 3.63) is 70.3 Å². The number of anilines is 1. The Morgan fingerprint density at radius 3 is 2.53 bits per heavy atom. The summed E-state index contributed by atoms with van der Waals surface area (Å²) in [5.41, 5.74) is 2.75. The zero-order chi connectivity index (χ0) is 24.2. The summed E-state index contributed by atoms with van der Waals surface area (Å²) in [5, 5.41) is 3.69. The van der Waals surface area contributed by atoms with Crippen LogP contribution in [-0.4, -0.2) is 51.1 Å². The molecule has 0 aliphatic carbocycles. The monoisotopic (exact) mass is 461 g/mol. The first-order valence-corrected chi connectivity index (χ1v) is 12.3. The van der Waals surface area contributed by atoms with Crippen LogP contribution in [-0.2, 0) is 6.54 Å². The predicted molar refractivity (Wildman–Crippen MR) is 137 cm³/mol. The van der Waals surface area contributed by atoms with E-state index in [0.29, 0.717) is 18.5 Å². The van der Waals surface area contributed by atoms with Crippen LogP contribution in [0.2, 0.25) is 0 Å². The van der Waals surface area contributed by atoms with Crippen molar-refractivity contribution in [2.75, 3.05) is 25.0 Å². The fraction of sp³-hybridized carbons (Fsp3) is 0.444. The Morgan fingerprint density at radius 1 is 1.12 bits per heavy atom. The van der Waals surface area contributed by atoms with Crippen molar-refractivity contribution in [3.8, 4) is 0 Å². The number of benzene rings is 2. The molecule has 2 amide bonds. The highest BCUT2D eigenvalue weighted by molar-refractivity contribution is 5.89. The Morgan fingerprint density at radius 2 is 1.85 bits per heavy atom. The zero-order valence-electron chi connectivity index (χ0n) is 20.6. The highest BCUT2D eigenvalue weighted by Crippen LogP contribution is 2.27. The summed E-state index contributed by atoms with van der Waals surface area (Å²) < 4.78 is 1.86. The van der Waals surface area contributed by atoms with Crippen molar-refractivity contribution in [2.45, 2.75) is 59.2 Å². The van der Waals surface area contributed by atoms with E-state index in [-0.39, 0.29) is 23.7 Å². The van der Waals surface area contributed by atoms with Gasteiger partial charge >= 0.3 is 6.03 Å². The predicted octanol–water partition coefficient (Wildman–Crippen LogP) is 4.80. The number of hydrogen-bond acceptors (Lipinski definition) is 4. The van der Waals surface area contributed by atoms with E-state index in [1.165, 1.54) is 0 Å². The molecule has 4 rings (SSSR count). The Kier molecular flexibility index (Phi) is 7.32. The second-order valence-corrected chi connectivity index (χ2v) is 9.20. The molecule has 34 heavy (non-hydrogen) atoms. The molecule has 1 aromatic heterocycles. The van der Waals surface area contributed by atoms with Crippen molar-refractivity contribution < 1.29 is 4.79 Å². The lowest BCUT2D eigenvalue weighted by atomic mass is 10.1. The maximum Gasteiger partial charge on any atom is 0.322 e. The largest absolute Gasteiger partial charge is 0.322 e. The van der Waals surface area contributed by atoms with Gasteiger partial charge in [-0.3, -0.25) is 14.3 Å². The van der Waals surface area contributed by atoms with E-state index in [9.17, 15) is 9.59 Å². The van der Waals surface area contributed by atoms with Gasteiger partial charge in [0.1, 0.15) is 5.82 Å². The normalized spacial score (nSPS) is 17.6. The Labute approximate surface area is 201 Å². The summed E-state index contributed by atoms with van der Waals surface area (Å²) in [6.45, 7) is 11.1. The number of carbonyl (C=O) groups is 1. The summed E-state index contributed by atoms with van der Waals surface area (Å²) in [6, 6.07) is 15.4. The van der Waals surface area contributed by atoms with Gasteiger partial charge in [0.25, 0.3) is 5.56 Å². The summed E-state index contributed by atoms with van der Waals surface area (Å²) in [6.07, 6.45) is 1.71. The highest BCUT2D eigenvalue weighted by atomic mass is 16.2. The number of para-hydroxylation sites is 1. The number of urea groups is 1. The minimum atomic E-state index is -0.0734. The Hall–Kier alpha value is -3.19. The first kappa shape index (κ1) is 24.0. The number of aryl methyl sites for hydroxylation is 1. The lowest BCUT2D eigenvalue weighted by molar-refractivity contribution is 0.0717. The molecule has 0 saturated carbocycles. The third-order valence-electron chi connectivity index (χ3n) is 6.69. The fourth-order valence-electron chi connectivity index (χ4n) is 4.89.